The number of rotatable bonds is 3. The summed E-state index contributed by atoms with van der Waals surface area (Å²) >= 11 is 0. The molecule has 1 aliphatic rings. The SMILES string of the molecule is Nc1nc(N)c([N+](=O)[O-])c(Cc2ccc3c(c2)CCO3)n1. The van der Waals surface area contributed by atoms with E-state index in [9.17, 15) is 10.1 Å². The summed E-state index contributed by atoms with van der Waals surface area (Å²) in [6.45, 7) is 0.659. The summed E-state index contributed by atoms with van der Waals surface area (Å²) in [6.07, 6.45) is 1.10. The van der Waals surface area contributed by atoms with Crippen molar-refractivity contribution in [2.45, 2.75) is 12.8 Å². The first kappa shape index (κ1) is 13.1. The molecule has 0 unspecified atom stereocenters. The molecule has 2 heterocycles. The predicted molar refractivity (Wildman–Crippen MR) is 76.0 cm³/mol. The Hall–Kier alpha value is -2.90. The summed E-state index contributed by atoms with van der Waals surface area (Å²) in [5.74, 6) is 0.569. The van der Waals surface area contributed by atoms with Crippen molar-refractivity contribution in [2.24, 2.45) is 0 Å². The molecule has 0 bridgehead atoms. The maximum atomic E-state index is 11.1. The number of nitrogens with two attached hydrogens (primary N) is 2. The lowest BCUT2D eigenvalue weighted by atomic mass is 10.0. The number of hydrogen-bond donors (Lipinski definition) is 2. The monoisotopic (exact) mass is 287 g/mol. The Kier molecular flexibility index (Phi) is 3.05. The normalized spacial score (nSPS) is 12.8. The summed E-state index contributed by atoms with van der Waals surface area (Å²) in [6, 6.07) is 5.67. The zero-order valence-corrected chi connectivity index (χ0v) is 11.1. The Morgan fingerprint density at radius 3 is 2.90 bits per heavy atom. The van der Waals surface area contributed by atoms with Crippen LogP contribution < -0.4 is 16.2 Å². The third-order valence-corrected chi connectivity index (χ3v) is 3.31. The van der Waals surface area contributed by atoms with Crippen LogP contribution in [0.5, 0.6) is 5.75 Å². The largest absolute Gasteiger partial charge is 0.493 e. The number of anilines is 2. The molecule has 8 nitrogen and oxygen atoms in total. The van der Waals surface area contributed by atoms with Gasteiger partial charge in [0.15, 0.2) is 0 Å². The van der Waals surface area contributed by atoms with E-state index >= 15 is 0 Å². The number of hydrogen-bond acceptors (Lipinski definition) is 7. The van der Waals surface area contributed by atoms with E-state index in [1.54, 1.807) is 0 Å². The van der Waals surface area contributed by atoms with Crippen LogP contribution >= 0.6 is 0 Å². The lowest BCUT2D eigenvalue weighted by Crippen LogP contribution is -2.09. The van der Waals surface area contributed by atoms with E-state index in [2.05, 4.69) is 9.97 Å². The van der Waals surface area contributed by atoms with Gasteiger partial charge < -0.3 is 16.2 Å². The molecule has 0 saturated carbocycles. The van der Waals surface area contributed by atoms with Gasteiger partial charge in [0.2, 0.25) is 11.8 Å². The van der Waals surface area contributed by atoms with Gasteiger partial charge in [0.1, 0.15) is 11.4 Å². The van der Waals surface area contributed by atoms with E-state index < -0.39 is 4.92 Å². The van der Waals surface area contributed by atoms with Gasteiger partial charge in [-0.1, -0.05) is 12.1 Å². The van der Waals surface area contributed by atoms with E-state index in [-0.39, 0.29) is 29.6 Å². The molecular formula is C13H13N5O3. The minimum absolute atomic E-state index is 0.0717. The van der Waals surface area contributed by atoms with Gasteiger partial charge in [-0.2, -0.15) is 4.98 Å². The Bertz CT molecular complexity index is 732. The number of ether oxygens (including phenoxy) is 1. The van der Waals surface area contributed by atoms with Crippen LogP contribution in [-0.2, 0) is 12.8 Å². The fourth-order valence-electron chi connectivity index (χ4n) is 2.41. The average molecular weight is 287 g/mol. The van der Waals surface area contributed by atoms with Crippen LogP contribution in [0, 0.1) is 10.1 Å². The van der Waals surface area contributed by atoms with E-state index in [4.69, 9.17) is 16.2 Å². The van der Waals surface area contributed by atoms with Crippen LogP contribution in [0.15, 0.2) is 18.2 Å². The zero-order chi connectivity index (χ0) is 15.0. The highest BCUT2D eigenvalue weighted by molar-refractivity contribution is 5.58. The molecule has 0 aliphatic carbocycles. The van der Waals surface area contributed by atoms with Crippen LogP contribution in [-0.4, -0.2) is 21.5 Å². The molecule has 0 spiro atoms. The van der Waals surface area contributed by atoms with Crippen molar-refractivity contribution in [2.75, 3.05) is 18.1 Å². The quantitative estimate of drug-likeness (QED) is 0.637. The van der Waals surface area contributed by atoms with Crippen molar-refractivity contribution in [3.63, 3.8) is 0 Å². The number of benzene rings is 1. The lowest BCUT2D eigenvalue weighted by Gasteiger charge is -2.06. The summed E-state index contributed by atoms with van der Waals surface area (Å²) in [4.78, 5) is 18.1. The second kappa shape index (κ2) is 4.89. The standard InChI is InChI=1S/C13H13N5O3/c14-12-11(18(19)20)9(16-13(15)17-12)6-7-1-2-10-8(5-7)3-4-21-10/h1-2,5H,3-4,6H2,(H4,14,15,16,17). The van der Waals surface area contributed by atoms with Gasteiger partial charge in [0.25, 0.3) is 0 Å². The molecule has 2 aromatic rings. The molecule has 0 saturated heterocycles. The number of aromatic nitrogens is 2. The summed E-state index contributed by atoms with van der Waals surface area (Å²) < 4.78 is 5.43. The average Bonchev–Trinajstić information content (AvgIpc) is 2.84. The van der Waals surface area contributed by atoms with Gasteiger partial charge in [-0.3, -0.25) is 10.1 Å². The fraction of sp³-hybridized carbons (Fsp3) is 0.231. The minimum Gasteiger partial charge on any atom is -0.493 e. The molecule has 21 heavy (non-hydrogen) atoms. The maximum absolute atomic E-state index is 11.1. The van der Waals surface area contributed by atoms with Gasteiger partial charge in [-0.05, 0) is 17.2 Å². The molecule has 0 atom stereocenters. The van der Waals surface area contributed by atoms with E-state index in [1.807, 2.05) is 18.2 Å². The van der Waals surface area contributed by atoms with Crippen LogP contribution in [0.25, 0.3) is 0 Å². The Labute approximate surface area is 119 Å². The molecule has 8 heteroatoms. The molecule has 0 fully saturated rings. The Morgan fingerprint density at radius 1 is 1.33 bits per heavy atom. The van der Waals surface area contributed by atoms with Crippen molar-refractivity contribution >= 4 is 17.5 Å². The zero-order valence-electron chi connectivity index (χ0n) is 11.1. The van der Waals surface area contributed by atoms with E-state index in [1.165, 1.54) is 0 Å². The molecule has 1 aliphatic heterocycles. The molecule has 0 radical (unpaired) electrons. The second-order valence-electron chi connectivity index (χ2n) is 4.74. The van der Waals surface area contributed by atoms with Crippen LogP contribution in [0.1, 0.15) is 16.8 Å². The molecule has 1 aromatic carbocycles. The van der Waals surface area contributed by atoms with Gasteiger partial charge >= 0.3 is 5.69 Å². The minimum atomic E-state index is -0.583. The molecule has 108 valence electrons. The van der Waals surface area contributed by atoms with E-state index in [0.29, 0.717) is 6.61 Å². The van der Waals surface area contributed by atoms with Gasteiger partial charge in [-0.25, -0.2) is 4.98 Å². The van der Waals surface area contributed by atoms with Crippen LogP contribution in [0.3, 0.4) is 0 Å². The number of nitrogens with zero attached hydrogens (tertiary/aromatic N) is 3. The molecular weight excluding hydrogens is 274 g/mol. The highest BCUT2D eigenvalue weighted by Gasteiger charge is 2.23. The molecule has 1 aromatic heterocycles. The third kappa shape index (κ3) is 2.42. The van der Waals surface area contributed by atoms with Crippen LogP contribution in [0.2, 0.25) is 0 Å². The number of nitro groups is 1. The summed E-state index contributed by atoms with van der Waals surface area (Å²) in [7, 11) is 0. The number of nitrogen functional groups attached to an aromatic ring is 2. The third-order valence-electron chi connectivity index (χ3n) is 3.31. The molecule has 0 amide bonds. The van der Waals surface area contributed by atoms with Crippen LogP contribution in [0.4, 0.5) is 17.5 Å². The highest BCUT2D eigenvalue weighted by Crippen LogP contribution is 2.29. The Balaban J connectivity index is 1.99. The van der Waals surface area contributed by atoms with Gasteiger partial charge in [0, 0.05) is 12.8 Å². The first-order valence-corrected chi connectivity index (χ1v) is 6.35. The van der Waals surface area contributed by atoms with Crippen molar-refractivity contribution in [3.05, 3.63) is 45.1 Å². The second-order valence-corrected chi connectivity index (χ2v) is 4.74. The maximum Gasteiger partial charge on any atom is 0.332 e. The lowest BCUT2D eigenvalue weighted by molar-refractivity contribution is -0.385. The Morgan fingerprint density at radius 2 is 2.14 bits per heavy atom. The fourth-order valence-corrected chi connectivity index (χ4v) is 2.41. The van der Waals surface area contributed by atoms with Gasteiger partial charge in [-0.15, -0.1) is 0 Å². The molecule has 3 rings (SSSR count). The van der Waals surface area contributed by atoms with E-state index in [0.717, 1.165) is 23.3 Å². The van der Waals surface area contributed by atoms with Gasteiger partial charge in [0.05, 0.1) is 11.5 Å². The van der Waals surface area contributed by atoms with Crippen molar-refractivity contribution in [3.8, 4) is 5.75 Å². The van der Waals surface area contributed by atoms with Crippen molar-refractivity contribution < 1.29 is 9.66 Å². The smallest absolute Gasteiger partial charge is 0.332 e. The van der Waals surface area contributed by atoms with Crippen molar-refractivity contribution in [1.29, 1.82) is 0 Å². The topological polar surface area (TPSA) is 130 Å². The first-order chi connectivity index (χ1) is 10.0. The predicted octanol–water partition coefficient (Wildman–Crippen LogP) is 1.07. The highest BCUT2D eigenvalue weighted by atomic mass is 16.6. The van der Waals surface area contributed by atoms with Crippen molar-refractivity contribution in [1.82, 2.24) is 9.97 Å². The molecule has 4 N–H and O–H groups in total. The number of fused-ring (bicyclic) bond motifs is 1. The first-order valence-electron chi connectivity index (χ1n) is 6.35. The summed E-state index contributed by atoms with van der Waals surface area (Å²) in [5.41, 5.74) is 13.0. The summed E-state index contributed by atoms with van der Waals surface area (Å²) in [5, 5.41) is 11.1.